The molecule has 1 N–H and O–H groups in total. The molecule has 6 heteroatoms. The maximum absolute atomic E-state index is 12.4. The molecule has 3 amide bonds. The molecule has 6 nitrogen and oxygen atoms in total. The molecule has 0 radical (unpaired) electrons. The van der Waals surface area contributed by atoms with Gasteiger partial charge in [-0.1, -0.05) is 30.4 Å². The molecule has 2 unspecified atom stereocenters. The molecular formula is C19H17N3O3. The lowest BCUT2D eigenvalue weighted by Gasteiger charge is -2.14. The van der Waals surface area contributed by atoms with E-state index in [1.165, 1.54) is 0 Å². The highest BCUT2D eigenvalue weighted by Gasteiger charge is 2.47. The molecule has 4 rings (SSSR count). The third-order valence-electron chi connectivity index (χ3n) is 4.77. The molecule has 2 atom stereocenters. The lowest BCUT2D eigenvalue weighted by Crippen LogP contribution is -2.38. The van der Waals surface area contributed by atoms with Crippen LogP contribution in [0.1, 0.15) is 12.8 Å². The summed E-state index contributed by atoms with van der Waals surface area (Å²) in [5, 5.41) is 3.65. The number of hydrogen-bond donors (Lipinski definition) is 1. The van der Waals surface area contributed by atoms with E-state index in [1.807, 2.05) is 42.5 Å². The fourth-order valence-corrected chi connectivity index (χ4v) is 3.49. The monoisotopic (exact) mass is 335 g/mol. The third kappa shape index (κ3) is 2.80. The van der Waals surface area contributed by atoms with E-state index in [4.69, 9.17) is 0 Å². The minimum Gasteiger partial charge on any atom is -0.309 e. The number of nitrogens with one attached hydrogen (secondary N) is 1. The van der Waals surface area contributed by atoms with Gasteiger partial charge in [-0.15, -0.1) is 0 Å². The van der Waals surface area contributed by atoms with Crippen LogP contribution in [-0.4, -0.2) is 34.2 Å². The van der Waals surface area contributed by atoms with Crippen molar-refractivity contribution in [3.8, 4) is 0 Å². The van der Waals surface area contributed by atoms with Gasteiger partial charge in [-0.3, -0.25) is 19.3 Å². The second-order valence-electron chi connectivity index (χ2n) is 6.36. The van der Waals surface area contributed by atoms with E-state index < -0.39 is 5.91 Å². The summed E-state index contributed by atoms with van der Waals surface area (Å²) < 4.78 is 0. The summed E-state index contributed by atoms with van der Waals surface area (Å²) in [6.45, 7) is -0.265. The quantitative estimate of drug-likeness (QED) is 0.688. The van der Waals surface area contributed by atoms with Gasteiger partial charge in [0.25, 0.3) is 0 Å². The first-order chi connectivity index (χ1) is 12.1. The van der Waals surface area contributed by atoms with Gasteiger partial charge in [-0.2, -0.15) is 0 Å². The molecule has 0 saturated carbocycles. The summed E-state index contributed by atoms with van der Waals surface area (Å²) >= 11 is 0. The molecule has 2 aliphatic rings. The number of nitrogens with zero attached hydrogens (tertiary/aromatic N) is 2. The standard InChI is InChI=1S/C19H17N3O3/c23-17(21-16-10-9-12-5-1-4-8-15(12)20-16)11-22-18(24)13-6-2-3-7-14(13)19(22)25/h1-5,8-10,13-14H,6-7,11H2,(H,20,21,23). The van der Waals surface area contributed by atoms with Crippen molar-refractivity contribution in [3.05, 3.63) is 48.6 Å². The Labute approximate surface area is 144 Å². The number of anilines is 1. The van der Waals surface area contributed by atoms with Gasteiger partial charge in [0.1, 0.15) is 12.4 Å². The Hall–Kier alpha value is -3.02. The molecule has 1 saturated heterocycles. The second-order valence-corrected chi connectivity index (χ2v) is 6.36. The van der Waals surface area contributed by atoms with Crippen molar-refractivity contribution >= 4 is 34.4 Å². The highest BCUT2D eigenvalue weighted by Crippen LogP contribution is 2.34. The number of allylic oxidation sites excluding steroid dienone is 2. The van der Waals surface area contributed by atoms with Crippen molar-refractivity contribution in [2.45, 2.75) is 12.8 Å². The van der Waals surface area contributed by atoms with E-state index in [0.717, 1.165) is 15.8 Å². The SMILES string of the molecule is O=C(CN1C(=O)C2CC=CCC2C1=O)Nc1ccc2ccccc2n1. The van der Waals surface area contributed by atoms with E-state index in [0.29, 0.717) is 18.7 Å². The highest BCUT2D eigenvalue weighted by molar-refractivity contribution is 6.08. The van der Waals surface area contributed by atoms with E-state index in [-0.39, 0.29) is 30.2 Å². The number of para-hydroxylation sites is 1. The van der Waals surface area contributed by atoms with Crippen LogP contribution in [0, 0.1) is 11.8 Å². The Morgan fingerprint density at radius 1 is 1.04 bits per heavy atom. The van der Waals surface area contributed by atoms with Gasteiger partial charge >= 0.3 is 0 Å². The minimum absolute atomic E-state index is 0.249. The van der Waals surface area contributed by atoms with Gasteiger partial charge in [0.05, 0.1) is 17.4 Å². The van der Waals surface area contributed by atoms with Gasteiger partial charge < -0.3 is 5.32 Å². The van der Waals surface area contributed by atoms with Crippen LogP contribution in [0.3, 0.4) is 0 Å². The number of carbonyl (C=O) groups is 3. The van der Waals surface area contributed by atoms with Crippen molar-refractivity contribution in [2.24, 2.45) is 11.8 Å². The Balaban J connectivity index is 1.46. The predicted octanol–water partition coefficient (Wildman–Crippen LogP) is 2.12. The number of likely N-dealkylation sites (tertiary alicyclic amines) is 1. The summed E-state index contributed by atoms with van der Waals surface area (Å²) in [6.07, 6.45) is 4.99. The third-order valence-corrected chi connectivity index (χ3v) is 4.77. The van der Waals surface area contributed by atoms with Gasteiger partial charge in [-0.05, 0) is 31.0 Å². The van der Waals surface area contributed by atoms with Crippen LogP contribution in [0.15, 0.2) is 48.6 Å². The Kier molecular flexibility index (Phi) is 3.80. The number of hydrogen-bond acceptors (Lipinski definition) is 4. The average molecular weight is 335 g/mol. The highest BCUT2D eigenvalue weighted by atomic mass is 16.2. The van der Waals surface area contributed by atoms with Crippen molar-refractivity contribution in [3.63, 3.8) is 0 Å². The normalized spacial score (nSPS) is 22.3. The van der Waals surface area contributed by atoms with Crippen LogP contribution in [0.25, 0.3) is 10.9 Å². The first-order valence-electron chi connectivity index (χ1n) is 8.29. The number of carbonyl (C=O) groups excluding carboxylic acids is 3. The summed E-state index contributed by atoms with van der Waals surface area (Å²) in [5.74, 6) is -1.15. The zero-order chi connectivity index (χ0) is 17.4. The van der Waals surface area contributed by atoms with E-state index >= 15 is 0 Å². The number of amides is 3. The Bertz CT molecular complexity index is 880. The maximum Gasteiger partial charge on any atom is 0.245 e. The molecule has 0 bridgehead atoms. The largest absolute Gasteiger partial charge is 0.309 e. The number of benzene rings is 1. The molecule has 1 aliphatic heterocycles. The van der Waals surface area contributed by atoms with Gasteiger partial charge in [0.15, 0.2) is 0 Å². The number of imide groups is 1. The zero-order valence-electron chi connectivity index (χ0n) is 13.5. The molecule has 2 aromatic rings. The summed E-state index contributed by atoms with van der Waals surface area (Å²) in [4.78, 5) is 42.5. The van der Waals surface area contributed by atoms with Gasteiger partial charge in [-0.25, -0.2) is 4.98 Å². The molecule has 1 aromatic carbocycles. The van der Waals surface area contributed by atoms with Crippen LogP contribution in [0.5, 0.6) is 0 Å². The fraction of sp³-hybridized carbons (Fsp3) is 0.263. The molecule has 1 aromatic heterocycles. The average Bonchev–Trinajstić information content (AvgIpc) is 2.87. The maximum atomic E-state index is 12.4. The molecule has 1 aliphatic carbocycles. The first-order valence-corrected chi connectivity index (χ1v) is 8.29. The van der Waals surface area contributed by atoms with Crippen molar-refractivity contribution in [1.29, 1.82) is 0 Å². The molecule has 0 spiro atoms. The summed E-state index contributed by atoms with van der Waals surface area (Å²) in [6, 6.07) is 11.2. The van der Waals surface area contributed by atoms with E-state index in [9.17, 15) is 14.4 Å². The van der Waals surface area contributed by atoms with Crippen LogP contribution in [0.4, 0.5) is 5.82 Å². The van der Waals surface area contributed by atoms with Crippen molar-refractivity contribution in [1.82, 2.24) is 9.88 Å². The smallest absolute Gasteiger partial charge is 0.245 e. The van der Waals surface area contributed by atoms with Crippen LogP contribution in [0.2, 0.25) is 0 Å². The minimum atomic E-state index is -0.420. The van der Waals surface area contributed by atoms with Crippen molar-refractivity contribution in [2.75, 3.05) is 11.9 Å². The molecule has 25 heavy (non-hydrogen) atoms. The zero-order valence-corrected chi connectivity index (χ0v) is 13.5. The van der Waals surface area contributed by atoms with Crippen LogP contribution in [-0.2, 0) is 14.4 Å². The molecular weight excluding hydrogens is 318 g/mol. The summed E-state index contributed by atoms with van der Waals surface area (Å²) in [7, 11) is 0. The first kappa shape index (κ1) is 15.5. The lowest BCUT2D eigenvalue weighted by atomic mass is 9.85. The lowest BCUT2D eigenvalue weighted by molar-refractivity contribution is -0.142. The number of aromatic nitrogens is 1. The van der Waals surface area contributed by atoms with Crippen molar-refractivity contribution < 1.29 is 14.4 Å². The van der Waals surface area contributed by atoms with Crippen LogP contribution >= 0.6 is 0 Å². The van der Waals surface area contributed by atoms with E-state index in [1.54, 1.807) is 6.07 Å². The second kappa shape index (κ2) is 6.12. The Morgan fingerprint density at radius 2 is 1.72 bits per heavy atom. The summed E-state index contributed by atoms with van der Waals surface area (Å²) in [5.41, 5.74) is 0.769. The fourth-order valence-electron chi connectivity index (χ4n) is 3.49. The molecule has 2 heterocycles. The van der Waals surface area contributed by atoms with Crippen LogP contribution < -0.4 is 5.32 Å². The number of rotatable bonds is 3. The Morgan fingerprint density at radius 3 is 2.44 bits per heavy atom. The predicted molar refractivity (Wildman–Crippen MR) is 92.4 cm³/mol. The van der Waals surface area contributed by atoms with Gasteiger partial charge in [0, 0.05) is 5.39 Å². The molecule has 1 fully saturated rings. The number of pyridine rings is 1. The molecule has 126 valence electrons. The van der Waals surface area contributed by atoms with E-state index in [2.05, 4.69) is 10.3 Å². The van der Waals surface area contributed by atoms with Gasteiger partial charge in [0.2, 0.25) is 17.7 Å². The topological polar surface area (TPSA) is 79.4 Å². The number of fused-ring (bicyclic) bond motifs is 2.